The molecule has 9 heteroatoms. The first kappa shape index (κ1) is 25.8. The number of fused-ring (bicyclic) bond motifs is 1. The highest BCUT2D eigenvalue weighted by Gasteiger charge is 2.32. The lowest BCUT2D eigenvalue weighted by atomic mass is 9.94. The molecular weight excluding hydrogens is 476 g/mol. The van der Waals surface area contributed by atoms with E-state index in [0.29, 0.717) is 48.1 Å². The summed E-state index contributed by atoms with van der Waals surface area (Å²) in [6.45, 7) is 6.85. The summed E-state index contributed by atoms with van der Waals surface area (Å²) < 4.78 is 29.8. The molecule has 0 saturated carbocycles. The molecule has 8 nitrogen and oxygen atoms in total. The second-order valence-electron chi connectivity index (χ2n) is 9.36. The zero-order valence-corrected chi connectivity index (χ0v) is 21.6. The summed E-state index contributed by atoms with van der Waals surface area (Å²) in [6.07, 6.45) is 3.43. The minimum Gasteiger partial charge on any atom is -0.342 e. The number of aromatic nitrogens is 1. The number of carbonyl (C=O) groups excluding carboxylic acids is 2. The number of nitrogens with one attached hydrogen (secondary N) is 2. The molecule has 0 radical (unpaired) electrons. The average molecular weight is 509 g/mol. The Bertz CT molecular complexity index is 1390. The van der Waals surface area contributed by atoms with Gasteiger partial charge in [0.1, 0.15) is 0 Å². The van der Waals surface area contributed by atoms with Gasteiger partial charge in [0.25, 0.3) is 5.91 Å². The van der Waals surface area contributed by atoms with E-state index in [4.69, 9.17) is 0 Å². The maximum Gasteiger partial charge on any atom is 0.255 e. The zero-order chi connectivity index (χ0) is 25.9. The lowest BCUT2D eigenvalue weighted by molar-refractivity contribution is -0.133. The van der Waals surface area contributed by atoms with Gasteiger partial charge in [0.05, 0.1) is 16.1 Å². The van der Waals surface area contributed by atoms with Gasteiger partial charge in [0.15, 0.2) is 0 Å². The highest BCUT2D eigenvalue weighted by atomic mass is 32.2. The van der Waals surface area contributed by atoms with E-state index in [1.165, 1.54) is 6.07 Å². The smallest absolute Gasteiger partial charge is 0.255 e. The van der Waals surface area contributed by atoms with Crippen LogP contribution in [0.1, 0.15) is 49.0 Å². The minimum absolute atomic E-state index is 0.0219. The van der Waals surface area contributed by atoms with Crippen LogP contribution < -0.4 is 10.0 Å². The van der Waals surface area contributed by atoms with Gasteiger partial charge in [-0.15, -0.1) is 0 Å². The molecule has 0 spiro atoms. The maximum absolute atomic E-state index is 13.5. The van der Waals surface area contributed by atoms with Gasteiger partial charge in [-0.05, 0) is 61.6 Å². The summed E-state index contributed by atoms with van der Waals surface area (Å²) in [4.78, 5) is 31.5. The van der Waals surface area contributed by atoms with Crippen LogP contribution in [0.4, 0.5) is 5.69 Å². The molecule has 2 amide bonds. The van der Waals surface area contributed by atoms with Crippen molar-refractivity contribution >= 4 is 38.4 Å². The van der Waals surface area contributed by atoms with E-state index in [0.717, 1.165) is 12.0 Å². The molecule has 2 aromatic carbocycles. The van der Waals surface area contributed by atoms with Crippen LogP contribution in [0.5, 0.6) is 0 Å². The van der Waals surface area contributed by atoms with Gasteiger partial charge in [-0.2, -0.15) is 0 Å². The standard InChI is InChI=1S/C27H32N4O4S/c1-4-8-25(32)31-16-14-22(19(3)17-31)30-36(34,35)24-13-12-23(26-21(24)11-7-15-28-26)29-27(33)20-10-6-5-9-18(20)2/h5-7,9-13,15,19,22,30H,4,8,14,16-17H2,1-3H3,(H,29,33)/t19-,22+/m1/s1. The quantitative estimate of drug-likeness (QED) is 0.499. The number of anilines is 1. The fraction of sp³-hybridized carbons (Fsp3) is 0.370. The number of carbonyl (C=O) groups is 2. The topological polar surface area (TPSA) is 108 Å². The zero-order valence-electron chi connectivity index (χ0n) is 20.8. The molecule has 0 unspecified atom stereocenters. The fourth-order valence-electron chi connectivity index (χ4n) is 4.68. The SMILES string of the molecule is CCCC(=O)N1CC[C@H](NS(=O)(=O)c2ccc(NC(=O)c3ccccc3C)c3ncccc23)[C@H](C)C1. The van der Waals surface area contributed by atoms with Crippen LogP contribution in [0.25, 0.3) is 10.9 Å². The Morgan fingerprint density at radius 1 is 1.11 bits per heavy atom. The van der Waals surface area contributed by atoms with Crippen molar-refractivity contribution in [2.24, 2.45) is 5.92 Å². The summed E-state index contributed by atoms with van der Waals surface area (Å²) in [5.74, 6) is -0.190. The monoisotopic (exact) mass is 508 g/mol. The van der Waals surface area contributed by atoms with E-state index in [9.17, 15) is 18.0 Å². The Kier molecular flexibility index (Phi) is 7.70. The van der Waals surface area contributed by atoms with E-state index in [1.54, 1.807) is 36.5 Å². The van der Waals surface area contributed by atoms with E-state index < -0.39 is 10.0 Å². The summed E-state index contributed by atoms with van der Waals surface area (Å²) in [6, 6.07) is 13.4. The van der Waals surface area contributed by atoms with Crippen LogP contribution in [0, 0.1) is 12.8 Å². The van der Waals surface area contributed by atoms with Crippen LogP contribution in [0.3, 0.4) is 0 Å². The molecule has 3 aromatic rings. The first-order valence-corrected chi connectivity index (χ1v) is 13.7. The number of piperidine rings is 1. The molecule has 1 fully saturated rings. The van der Waals surface area contributed by atoms with Gasteiger partial charge in [0.2, 0.25) is 15.9 Å². The lowest BCUT2D eigenvalue weighted by Crippen LogP contribution is -2.51. The molecule has 36 heavy (non-hydrogen) atoms. The van der Waals surface area contributed by atoms with Crippen molar-refractivity contribution < 1.29 is 18.0 Å². The third-order valence-electron chi connectivity index (χ3n) is 6.69. The normalized spacial score (nSPS) is 18.2. The Morgan fingerprint density at radius 3 is 2.61 bits per heavy atom. The maximum atomic E-state index is 13.5. The highest BCUT2D eigenvalue weighted by molar-refractivity contribution is 7.89. The predicted octanol–water partition coefficient (Wildman–Crippen LogP) is 4.11. The van der Waals surface area contributed by atoms with E-state index >= 15 is 0 Å². The van der Waals surface area contributed by atoms with Crippen molar-refractivity contribution in [3.63, 3.8) is 0 Å². The number of likely N-dealkylation sites (tertiary alicyclic amines) is 1. The van der Waals surface area contributed by atoms with Gasteiger partial charge in [0, 0.05) is 42.7 Å². The number of pyridine rings is 1. The minimum atomic E-state index is -3.88. The molecule has 1 aromatic heterocycles. The first-order valence-electron chi connectivity index (χ1n) is 12.3. The Morgan fingerprint density at radius 2 is 1.89 bits per heavy atom. The van der Waals surface area contributed by atoms with Crippen LogP contribution in [-0.2, 0) is 14.8 Å². The van der Waals surface area contributed by atoms with Crippen molar-refractivity contribution in [3.8, 4) is 0 Å². The molecule has 1 saturated heterocycles. The number of sulfonamides is 1. The molecule has 2 heterocycles. The summed E-state index contributed by atoms with van der Waals surface area (Å²) in [7, 11) is -3.88. The van der Waals surface area contributed by atoms with E-state index in [1.807, 2.05) is 37.8 Å². The second kappa shape index (κ2) is 10.8. The molecule has 2 N–H and O–H groups in total. The average Bonchev–Trinajstić information content (AvgIpc) is 2.85. The van der Waals surface area contributed by atoms with Crippen molar-refractivity contribution in [1.82, 2.24) is 14.6 Å². The third kappa shape index (κ3) is 5.42. The number of aryl methyl sites for hydroxylation is 1. The first-order chi connectivity index (χ1) is 17.2. The number of nitrogens with zero attached hydrogens (tertiary/aromatic N) is 2. The lowest BCUT2D eigenvalue weighted by Gasteiger charge is -2.37. The van der Waals surface area contributed by atoms with Crippen molar-refractivity contribution in [2.75, 3.05) is 18.4 Å². The number of rotatable bonds is 7. The molecular formula is C27H32N4O4S. The third-order valence-corrected chi connectivity index (χ3v) is 8.23. The Balaban J connectivity index is 1.57. The van der Waals surface area contributed by atoms with Gasteiger partial charge >= 0.3 is 0 Å². The number of amides is 2. The number of hydrogen-bond acceptors (Lipinski definition) is 5. The largest absolute Gasteiger partial charge is 0.342 e. The summed E-state index contributed by atoms with van der Waals surface area (Å²) in [5, 5.41) is 3.31. The highest BCUT2D eigenvalue weighted by Crippen LogP contribution is 2.29. The Hall–Kier alpha value is -3.30. The number of hydrogen-bond donors (Lipinski definition) is 2. The van der Waals surface area contributed by atoms with Crippen molar-refractivity contribution in [1.29, 1.82) is 0 Å². The van der Waals surface area contributed by atoms with Crippen LogP contribution in [0.2, 0.25) is 0 Å². The molecule has 1 aliphatic rings. The van der Waals surface area contributed by atoms with Gasteiger partial charge < -0.3 is 10.2 Å². The van der Waals surface area contributed by atoms with Crippen LogP contribution in [-0.4, -0.2) is 49.2 Å². The van der Waals surface area contributed by atoms with E-state index in [-0.39, 0.29) is 28.7 Å². The molecule has 1 aliphatic heterocycles. The fourth-order valence-corrected chi connectivity index (χ4v) is 6.26. The molecule has 0 aliphatic carbocycles. The van der Waals surface area contributed by atoms with Crippen LogP contribution >= 0.6 is 0 Å². The van der Waals surface area contributed by atoms with Gasteiger partial charge in [-0.25, -0.2) is 13.1 Å². The van der Waals surface area contributed by atoms with Gasteiger partial charge in [-0.3, -0.25) is 14.6 Å². The summed E-state index contributed by atoms with van der Waals surface area (Å²) >= 11 is 0. The molecule has 4 rings (SSSR count). The van der Waals surface area contributed by atoms with Crippen molar-refractivity contribution in [3.05, 3.63) is 65.9 Å². The van der Waals surface area contributed by atoms with Gasteiger partial charge in [-0.1, -0.05) is 32.0 Å². The van der Waals surface area contributed by atoms with E-state index in [2.05, 4.69) is 15.0 Å². The molecule has 2 atom stereocenters. The van der Waals surface area contributed by atoms with Crippen molar-refractivity contribution in [2.45, 2.75) is 51.0 Å². The predicted molar refractivity (Wildman–Crippen MR) is 140 cm³/mol. The second-order valence-corrected chi connectivity index (χ2v) is 11.0. The van der Waals surface area contributed by atoms with Crippen LogP contribution in [0.15, 0.2) is 59.6 Å². The Labute approximate surface area is 212 Å². The molecule has 0 bridgehead atoms. The molecule has 190 valence electrons. The number of benzene rings is 2. The summed E-state index contributed by atoms with van der Waals surface area (Å²) in [5.41, 5.74) is 2.22.